The van der Waals surface area contributed by atoms with Crippen LogP contribution in [0.2, 0.25) is 0 Å². The van der Waals surface area contributed by atoms with Gasteiger partial charge in [-0.2, -0.15) is 0 Å². The summed E-state index contributed by atoms with van der Waals surface area (Å²) in [6.07, 6.45) is 0.0787. The Balaban J connectivity index is 0.000000250. The van der Waals surface area contributed by atoms with Crippen LogP contribution in [-0.2, 0) is 4.74 Å². The molecule has 2 nitrogen and oxygen atoms in total. The molecule has 1 fully saturated rings. The second-order valence-electron chi connectivity index (χ2n) is 1.12. The van der Waals surface area contributed by atoms with Crippen molar-refractivity contribution >= 4 is 0 Å². The third-order valence-corrected chi connectivity index (χ3v) is 0.588. The first-order valence-corrected chi connectivity index (χ1v) is 1.63. The maximum Gasteiger partial charge on any atom is 1.00 e. The van der Waals surface area contributed by atoms with Gasteiger partial charge in [0.25, 0.3) is 0 Å². The molecule has 1 unspecified atom stereocenters. The van der Waals surface area contributed by atoms with Crippen LogP contribution in [0.3, 0.4) is 0 Å². The molecule has 0 aromatic rings. The minimum absolute atomic E-state index is 0. The third kappa shape index (κ3) is 2.16. The summed E-state index contributed by atoms with van der Waals surface area (Å²) < 4.78 is 4.55. The van der Waals surface area contributed by atoms with E-state index in [-0.39, 0.29) is 42.3 Å². The first kappa shape index (κ1) is 6.92. The molecule has 3 heteroatoms. The Kier molecular flexibility index (Phi) is 3.45. The molecule has 0 amide bonds. The fourth-order valence-electron chi connectivity index (χ4n) is 0.164. The van der Waals surface area contributed by atoms with Gasteiger partial charge in [0.1, 0.15) is 0 Å². The molecule has 0 aromatic heterocycles. The van der Waals surface area contributed by atoms with Gasteiger partial charge in [-0.3, -0.25) is 0 Å². The summed E-state index contributed by atoms with van der Waals surface area (Å²) in [5.74, 6) is 0. The Bertz CT molecular complexity index is 35.8. The fourth-order valence-corrected chi connectivity index (χ4v) is 0.164. The van der Waals surface area contributed by atoms with Crippen LogP contribution >= 0.6 is 0 Å². The smallest absolute Gasteiger partial charge is 0.853 e. The zero-order valence-corrected chi connectivity index (χ0v) is 5.81. The van der Waals surface area contributed by atoms with E-state index in [2.05, 4.69) is 4.74 Å². The molecule has 30 valence electrons. The van der Waals surface area contributed by atoms with Crippen LogP contribution < -0.4 is 34.7 Å². The second kappa shape index (κ2) is 2.99. The molecule has 1 saturated heterocycles. The zero-order chi connectivity index (χ0) is 3.70. The molecule has 0 radical (unpaired) electrons. The van der Waals surface area contributed by atoms with Crippen LogP contribution in [0, 0.1) is 0 Å². The van der Waals surface area contributed by atoms with Crippen LogP contribution in [0.5, 0.6) is 0 Å². The summed E-state index contributed by atoms with van der Waals surface area (Å²) in [7, 11) is 0. The molecule has 0 aromatic carbocycles. The normalized spacial score (nSPS) is 28.5. The van der Waals surface area contributed by atoms with Gasteiger partial charge in [0, 0.05) is 0 Å². The molecule has 1 aliphatic rings. The molecule has 6 heavy (non-hydrogen) atoms. The first-order valence-electron chi connectivity index (χ1n) is 1.63. The first-order chi connectivity index (χ1) is 2.43. The molecule has 1 aliphatic heterocycles. The van der Waals surface area contributed by atoms with Gasteiger partial charge in [-0.1, -0.05) is 0 Å². The zero-order valence-electron chi connectivity index (χ0n) is 3.81. The topological polar surface area (TPSA) is 35.6 Å². The monoisotopic (exact) mass is 96.0 g/mol. The van der Waals surface area contributed by atoms with Crippen molar-refractivity contribution in [2.45, 2.75) is 6.10 Å². The van der Waals surface area contributed by atoms with Crippen LogP contribution in [0.1, 0.15) is 0 Å². The van der Waals surface area contributed by atoms with Crippen LogP contribution in [-0.4, -0.2) is 19.3 Å². The standard InChI is InChI=1S/C3H5O2.Na/c4-1-3-2-5-3;/h3H,1-2H2;/q-1;+1. The van der Waals surface area contributed by atoms with E-state index in [0.29, 0.717) is 6.61 Å². The van der Waals surface area contributed by atoms with E-state index in [1.807, 2.05) is 0 Å². The van der Waals surface area contributed by atoms with Crippen molar-refractivity contribution in [2.24, 2.45) is 0 Å². The van der Waals surface area contributed by atoms with Crippen molar-refractivity contribution in [3.05, 3.63) is 0 Å². The fraction of sp³-hybridized carbons (Fsp3) is 1.00. The molecular formula is C3H5NaO2. The Morgan fingerprint density at radius 3 is 2.33 bits per heavy atom. The van der Waals surface area contributed by atoms with E-state index in [0.717, 1.165) is 0 Å². The summed E-state index contributed by atoms with van der Waals surface area (Å²) in [6.45, 7) is 0.642. The minimum Gasteiger partial charge on any atom is -0.853 e. The molecule has 0 spiro atoms. The predicted molar refractivity (Wildman–Crippen MR) is 14.6 cm³/mol. The molecule has 1 atom stereocenters. The summed E-state index contributed by atoms with van der Waals surface area (Å²) >= 11 is 0. The minimum atomic E-state index is -0.0556. The maximum absolute atomic E-state index is 9.57. The van der Waals surface area contributed by atoms with E-state index < -0.39 is 0 Å². The van der Waals surface area contributed by atoms with Crippen molar-refractivity contribution in [1.82, 2.24) is 0 Å². The SMILES string of the molecule is [Na+].[O-]CC1CO1. The molecule has 1 rings (SSSR count). The van der Waals surface area contributed by atoms with Crippen LogP contribution in [0.4, 0.5) is 0 Å². The molecule has 0 N–H and O–H groups in total. The molecule has 0 saturated carbocycles. The molecule has 1 heterocycles. The number of rotatable bonds is 1. The molecule has 0 aliphatic carbocycles. The Labute approximate surface area is 58.8 Å². The Morgan fingerprint density at radius 1 is 1.83 bits per heavy atom. The number of ether oxygens (including phenoxy) is 1. The van der Waals surface area contributed by atoms with E-state index >= 15 is 0 Å². The van der Waals surface area contributed by atoms with Gasteiger partial charge >= 0.3 is 29.6 Å². The van der Waals surface area contributed by atoms with E-state index in [1.165, 1.54) is 0 Å². The van der Waals surface area contributed by atoms with Crippen molar-refractivity contribution in [1.29, 1.82) is 0 Å². The Hall–Kier alpha value is 0.920. The van der Waals surface area contributed by atoms with Gasteiger partial charge < -0.3 is 9.84 Å². The summed E-state index contributed by atoms with van der Waals surface area (Å²) in [4.78, 5) is 0. The predicted octanol–water partition coefficient (Wildman–Crippen LogP) is -4.25. The van der Waals surface area contributed by atoms with E-state index in [4.69, 9.17) is 0 Å². The van der Waals surface area contributed by atoms with Gasteiger partial charge in [0.2, 0.25) is 0 Å². The van der Waals surface area contributed by atoms with Gasteiger partial charge in [-0.15, -0.1) is 6.61 Å². The largest absolute Gasteiger partial charge is 1.00 e. The van der Waals surface area contributed by atoms with E-state index in [1.54, 1.807) is 0 Å². The summed E-state index contributed by atoms with van der Waals surface area (Å²) in [5, 5.41) is 9.57. The summed E-state index contributed by atoms with van der Waals surface area (Å²) in [5.41, 5.74) is 0. The molecular weight excluding hydrogens is 91.0 g/mol. The van der Waals surface area contributed by atoms with Crippen molar-refractivity contribution in [3.63, 3.8) is 0 Å². The van der Waals surface area contributed by atoms with Crippen LogP contribution in [0.25, 0.3) is 0 Å². The number of epoxide rings is 1. The summed E-state index contributed by atoms with van der Waals surface area (Å²) in [6, 6.07) is 0. The second-order valence-corrected chi connectivity index (χ2v) is 1.12. The van der Waals surface area contributed by atoms with E-state index in [9.17, 15) is 5.11 Å². The third-order valence-electron chi connectivity index (χ3n) is 0.588. The average Bonchev–Trinajstić information content (AvgIpc) is 2.12. The van der Waals surface area contributed by atoms with Crippen molar-refractivity contribution < 1.29 is 39.4 Å². The maximum atomic E-state index is 9.57. The number of hydrogen-bond donors (Lipinski definition) is 0. The van der Waals surface area contributed by atoms with Crippen LogP contribution in [0.15, 0.2) is 0 Å². The quantitative estimate of drug-likeness (QED) is 0.245. The van der Waals surface area contributed by atoms with Gasteiger partial charge in [0.15, 0.2) is 0 Å². The van der Waals surface area contributed by atoms with Gasteiger partial charge in [-0.25, -0.2) is 0 Å². The Morgan fingerprint density at radius 2 is 2.33 bits per heavy atom. The molecule has 0 bridgehead atoms. The average molecular weight is 96.1 g/mol. The van der Waals surface area contributed by atoms with Crippen molar-refractivity contribution in [2.75, 3.05) is 13.2 Å². The van der Waals surface area contributed by atoms with Gasteiger partial charge in [-0.05, 0) is 0 Å². The van der Waals surface area contributed by atoms with Crippen molar-refractivity contribution in [3.8, 4) is 0 Å². The number of hydrogen-bond acceptors (Lipinski definition) is 2. The van der Waals surface area contributed by atoms with Gasteiger partial charge in [0.05, 0.1) is 12.7 Å².